The summed E-state index contributed by atoms with van der Waals surface area (Å²) in [4.78, 5) is 23.3. The molecular weight excluding hydrogens is 549 g/mol. The van der Waals surface area contributed by atoms with Crippen molar-refractivity contribution in [1.82, 2.24) is 16.0 Å². The van der Waals surface area contributed by atoms with E-state index in [9.17, 15) is 29.3 Å². The maximum Gasteiger partial charge on any atom is 0.237 e. The Balaban J connectivity index is 0.000000633. The van der Waals surface area contributed by atoms with Crippen LogP contribution in [0.1, 0.15) is 51.5 Å². The van der Waals surface area contributed by atoms with Gasteiger partial charge in [-0.2, -0.15) is 0 Å². The summed E-state index contributed by atoms with van der Waals surface area (Å²) in [6, 6.07) is 5.16. The second-order valence-corrected chi connectivity index (χ2v) is 11.3. The van der Waals surface area contributed by atoms with E-state index in [0.717, 1.165) is 49.4 Å². The summed E-state index contributed by atoms with van der Waals surface area (Å²) >= 11 is 7.31. The molecule has 0 aromatic heterocycles. The van der Waals surface area contributed by atoms with Crippen LogP contribution in [-0.2, 0) is 20.9 Å². The Morgan fingerprint density at radius 1 is 1.23 bits per heavy atom. The smallest absolute Gasteiger partial charge is 0.237 e. The highest BCUT2D eigenvalue weighted by Gasteiger charge is 2.34. The summed E-state index contributed by atoms with van der Waals surface area (Å²) in [5, 5.41) is 38.3. The van der Waals surface area contributed by atoms with Gasteiger partial charge >= 0.3 is 0 Å². The molecule has 1 aliphatic rings. The SMILES string of the molecule is CNCc1ccc(F)cc1.CSC(O[C@@H](O)C(NC(=O)C1CCC(CCC=O)CCN1)C(C)Cl)C(O)[C@@H](C)O. The zero-order chi connectivity index (χ0) is 29.4. The zero-order valence-electron chi connectivity index (χ0n) is 23.2. The van der Waals surface area contributed by atoms with Crippen LogP contribution in [0.25, 0.3) is 0 Å². The number of hydrogen-bond donors (Lipinski definition) is 6. The molecule has 0 bridgehead atoms. The molecule has 1 fully saturated rings. The largest absolute Gasteiger partial charge is 0.391 e. The van der Waals surface area contributed by atoms with Gasteiger partial charge in [0, 0.05) is 13.0 Å². The topological polar surface area (TPSA) is 140 Å². The average Bonchev–Trinajstić information content (AvgIpc) is 3.16. The molecule has 8 atom stereocenters. The molecule has 6 unspecified atom stereocenters. The lowest BCUT2D eigenvalue weighted by Gasteiger charge is -2.32. The lowest BCUT2D eigenvalue weighted by atomic mass is 9.94. The van der Waals surface area contributed by atoms with Gasteiger partial charge in [0.05, 0.1) is 23.6 Å². The molecule has 0 aliphatic carbocycles. The third-order valence-corrected chi connectivity index (χ3v) is 7.63. The first-order valence-electron chi connectivity index (χ1n) is 13.3. The molecule has 9 nitrogen and oxygen atoms in total. The normalized spacial score (nSPS) is 22.2. The van der Waals surface area contributed by atoms with Gasteiger partial charge in [-0.3, -0.25) is 4.79 Å². The van der Waals surface area contributed by atoms with Crippen molar-refractivity contribution in [3.63, 3.8) is 0 Å². The quantitative estimate of drug-likeness (QED) is 0.109. The number of hydrogen-bond acceptors (Lipinski definition) is 9. The molecule has 1 heterocycles. The van der Waals surface area contributed by atoms with Crippen molar-refractivity contribution in [3.8, 4) is 0 Å². The number of benzene rings is 1. The minimum Gasteiger partial charge on any atom is -0.391 e. The average molecular weight is 594 g/mol. The molecule has 1 amide bonds. The molecule has 2 rings (SSSR count). The first kappa shape index (κ1) is 35.7. The van der Waals surface area contributed by atoms with E-state index in [0.29, 0.717) is 25.3 Å². The number of aliphatic hydroxyl groups excluding tert-OH is 3. The number of nitrogens with one attached hydrogen (secondary N) is 3. The second kappa shape index (κ2) is 19.7. The van der Waals surface area contributed by atoms with Crippen LogP contribution in [0, 0.1) is 11.7 Å². The van der Waals surface area contributed by atoms with Crippen LogP contribution in [0.4, 0.5) is 4.39 Å². The summed E-state index contributed by atoms with van der Waals surface area (Å²) in [5.74, 6) is -0.0516. The minimum atomic E-state index is -1.46. The second-order valence-electron chi connectivity index (χ2n) is 9.71. The summed E-state index contributed by atoms with van der Waals surface area (Å²) in [6.07, 6.45) is 2.65. The monoisotopic (exact) mass is 593 g/mol. The molecule has 1 aliphatic heterocycles. The zero-order valence-corrected chi connectivity index (χ0v) is 24.8. The highest BCUT2D eigenvalue weighted by atomic mass is 35.5. The highest BCUT2D eigenvalue weighted by Crippen LogP contribution is 2.22. The standard InChI is InChI=1S/C19H35ClN2O6S.C8H10FN/c1-11(20)15(18(27)28-19(29-3)16(25)12(2)24)22-17(26)14-7-6-13(5-4-10-23)8-9-21-14;1-10-6-7-2-4-8(9)5-3-7/h10-16,18-19,21,24-25,27H,4-9H2,1-3H3,(H,22,26);2-5,10H,6H2,1H3/t11?,12-,13?,14?,15?,16?,18-,19?;/m1./s1. The number of halogens is 2. The van der Waals surface area contributed by atoms with Gasteiger partial charge in [-0.25, -0.2) is 4.39 Å². The molecule has 1 aromatic rings. The van der Waals surface area contributed by atoms with E-state index in [1.807, 2.05) is 7.05 Å². The molecule has 0 saturated carbocycles. The van der Waals surface area contributed by atoms with Crippen molar-refractivity contribution in [2.45, 2.75) is 93.9 Å². The Bertz CT molecular complexity index is 823. The van der Waals surface area contributed by atoms with Crippen molar-refractivity contribution in [2.24, 2.45) is 5.92 Å². The molecule has 12 heteroatoms. The molecule has 0 spiro atoms. The van der Waals surface area contributed by atoms with Crippen LogP contribution in [0.15, 0.2) is 24.3 Å². The fourth-order valence-corrected chi connectivity index (χ4v) is 5.05. The minimum absolute atomic E-state index is 0.181. The Morgan fingerprint density at radius 3 is 2.44 bits per heavy atom. The number of ether oxygens (including phenoxy) is 1. The first-order valence-corrected chi connectivity index (χ1v) is 15.0. The van der Waals surface area contributed by atoms with E-state index in [1.54, 1.807) is 25.3 Å². The molecule has 1 saturated heterocycles. The summed E-state index contributed by atoms with van der Waals surface area (Å²) in [7, 11) is 1.86. The fourth-order valence-electron chi connectivity index (χ4n) is 4.14. The number of rotatable bonds is 14. The number of aliphatic hydroxyl groups is 3. The van der Waals surface area contributed by atoms with E-state index in [2.05, 4.69) is 16.0 Å². The van der Waals surface area contributed by atoms with E-state index in [1.165, 1.54) is 19.1 Å². The van der Waals surface area contributed by atoms with Crippen molar-refractivity contribution in [1.29, 1.82) is 0 Å². The van der Waals surface area contributed by atoms with Gasteiger partial charge in [0.15, 0.2) is 6.29 Å². The number of alkyl halides is 1. The van der Waals surface area contributed by atoms with Crippen LogP contribution in [0.2, 0.25) is 0 Å². The molecule has 0 radical (unpaired) electrons. The lowest BCUT2D eigenvalue weighted by molar-refractivity contribution is -0.165. The van der Waals surface area contributed by atoms with Crippen LogP contribution in [0.5, 0.6) is 0 Å². The third kappa shape index (κ3) is 13.7. The van der Waals surface area contributed by atoms with Gasteiger partial charge in [0.25, 0.3) is 0 Å². The van der Waals surface area contributed by atoms with Gasteiger partial charge in [0.1, 0.15) is 23.6 Å². The van der Waals surface area contributed by atoms with Crippen LogP contribution >= 0.6 is 23.4 Å². The van der Waals surface area contributed by atoms with Crippen molar-refractivity contribution in [2.75, 3.05) is 19.8 Å². The van der Waals surface area contributed by atoms with Gasteiger partial charge in [-0.05, 0) is 83.0 Å². The Kier molecular flexibility index (Phi) is 18.1. The summed E-state index contributed by atoms with van der Waals surface area (Å²) in [6.45, 7) is 4.53. The van der Waals surface area contributed by atoms with Crippen LogP contribution < -0.4 is 16.0 Å². The van der Waals surface area contributed by atoms with E-state index in [4.69, 9.17) is 16.3 Å². The highest BCUT2D eigenvalue weighted by molar-refractivity contribution is 7.99. The van der Waals surface area contributed by atoms with Gasteiger partial charge in [0.2, 0.25) is 5.91 Å². The third-order valence-electron chi connectivity index (χ3n) is 6.50. The van der Waals surface area contributed by atoms with Crippen LogP contribution in [0.3, 0.4) is 0 Å². The van der Waals surface area contributed by atoms with E-state index < -0.39 is 41.4 Å². The predicted molar refractivity (Wildman–Crippen MR) is 153 cm³/mol. The van der Waals surface area contributed by atoms with E-state index in [-0.39, 0.29) is 11.7 Å². The molecule has 1 aromatic carbocycles. The molecule has 224 valence electrons. The molecular formula is C27H45ClFN3O6S. The van der Waals surface area contributed by atoms with Crippen molar-refractivity contribution >= 4 is 35.6 Å². The van der Waals surface area contributed by atoms with E-state index >= 15 is 0 Å². The number of aldehydes is 1. The Labute approximate surface area is 240 Å². The van der Waals surface area contributed by atoms with Crippen molar-refractivity contribution < 1.29 is 34.0 Å². The number of carbonyl (C=O) groups is 2. The van der Waals surface area contributed by atoms with Gasteiger partial charge < -0.3 is 40.8 Å². The molecule has 39 heavy (non-hydrogen) atoms. The predicted octanol–water partition coefficient (Wildman–Crippen LogP) is 2.15. The lowest BCUT2D eigenvalue weighted by Crippen LogP contribution is -2.55. The van der Waals surface area contributed by atoms with Gasteiger partial charge in [-0.1, -0.05) is 12.1 Å². The van der Waals surface area contributed by atoms with Crippen LogP contribution in [-0.4, -0.2) is 88.8 Å². The Morgan fingerprint density at radius 2 is 1.90 bits per heavy atom. The number of amides is 1. The maximum atomic E-state index is 12.7. The summed E-state index contributed by atoms with van der Waals surface area (Å²) < 4.78 is 17.8. The Hall–Kier alpha value is -1.31. The first-order chi connectivity index (χ1) is 18.5. The van der Waals surface area contributed by atoms with Gasteiger partial charge in [-0.15, -0.1) is 23.4 Å². The molecule has 6 N–H and O–H groups in total. The maximum absolute atomic E-state index is 12.7. The van der Waals surface area contributed by atoms with Crippen molar-refractivity contribution in [3.05, 3.63) is 35.6 Å². The number of carbonyl (C=O) groups excluding carboxylic acids is 2. The fraction of sp³-hybridized carbons (Fsp3) is 0.704. The number of thioether (sulfide) groups is 1. The summed E-state index contributed by atoms with van der Waals surface area (Å²) in [5.41, 5.74) is 0.221.